The molecule has 10 heteroatoms. The molecule has 2 aromatic carbocycles. The number of rotatable bonds is 7. The summed E-state index contributed by atoms with van der Waals surface area (Å²) in [5.41, 5.74) is 3.17. The van der Waals surface area contributed by atoms with Crippen LogP contribution in [0.2, 0.25) is 0 Å². The van der Waals surface area contributed by atoms with Gasteiger partial charge < -0.3 is 20.8 Å². The van der Waals surface area contributed by atoms with Gasteiger partial charge in [0.1, 0.15) is 16.9 Å². The lowest BCUT2D eigenvalue weighted by molar-refractivity contribution is -0.0333. The molecule has 2 aromatic heterocycles. The molecular weight excluding hydrogens is 472 g/mol. The highest BCUT2D eigenvalue weighted by Gasteiger charge is 2.46. The third kappa shape index (κ3) is 4.82. The minimum atomic E-state index is -2.73. The number of thiazole rings is 1. The first-order valence-corrected chi connectivity index (χ1v) is 12.2. The van der Waals surface area contributed by atoms with E-state index in [-0.39, 0.29) is 6.42 Å². The zero-order valence-corrected chi connectivity index (χ0v) is 19.7. The van der Waals surface area contributed by atoms with Crippen LogP contribution in [0.5, 0.6) is 0 Å². The van der Waals surface area contributed by atoms with Gasteiger partial charge in [0, 0.05) is 6.54 Å². The summed E-state index contributed by atoms with van der Waals surface area (Å²) in [7, 11) is 0. The van der Waals surface area contributed by atoms with Gasteiger partial charge in [-0.1, -0.05) is 42.5 Å². The van der Waals surface area contributed by atoms with Crippen LogP contribution in [0, 0.1) is 12.8 Å². The third-order valence-corrected chi connectivity index (χ3v) is 7.32. The van der Waals surface area contributed by atoms with E-state index in [4.69, 9.17) is 4.98 Å². The quantitative estimate of drug-likeness (QED) is 0.299. The fourth-order valence-corrected chi connectivity index (χ4v) is 5.47. The van der Waals surface area contributed by atoms with E-state index in [1.165, 1.54) is 11.3 Å². The number of nitrogens with zero attached hydrogens (tertiary/aromatic N) is 3. The van der Waals surface area contributed by atoms with Crippen LogP contribution in [-0.4, -0.2) is 49.8 Å². The monoisotopic (exact) mass is 497 g/mol. The lowest BCUT2D eigenvalue weighted by atomic mass is 10.1. The molecule has 1 aliphatic rings. The molecule has 0 spiro atoms. The van der Waals surface area contributed by atoms with Gasteiger partial charge in [-0.15, -0.1) is 11.3 Å². The maximum atomic E-state index is 13.4. The summed E-state index contributed by atoms with van der Waals surface area (Å²) in [5, 5.41) is 27.7. The van der Waals surface area contributed by atoms with E-state index >= 15 is 0 Å². The van der Waals surface area contributed by atoms with E-state index in [2.05, 4.69) is 20.6 Å². The average Bonchev–Trinajstić information content (AvgIpc) is 3.39. The number of alkyl halides is 2. The number of fused-ring (bicyclic) bond motifs is 1. The Morgan fingerprint density at radius 2 is 1.74 bits per heavy atom. The summed E-state index contributed by atoms with van der Waals surface area (Å²) in [6, 6.07) is 16.7. The number of hydrogen-bond acceptors (Lipinski definition) is 8. The molecular formula is C25H25F2N5O2S. The Bertz CT molecular complexity index is 1290. The van der Waals surface area contributed by atoms with Crippen molar-refractivity contribution in [2.75, 3.05) is 10.6 Å². The largest absolute Gasteiger partial charge is 0.390 e. The fraction of sp³-hybridized carbons (Fsp3) is 0.320. The molecule has 0 amide bonds. The molecule has 0 saturated heterocycles. The minimum absolute atomic E-state index is 0.0882. The highest BCUT2D eigenvalue weighted by Crippen LogP contribution is 2.39. The number of halogens is 2. The standard InChI is InChI=1S/C25H25F2N5O2S/c1-13-19(24-31-16-9-5-6-10-18(16)35-24)23(30-17-11-15(22(26)27)20(33)21(17)34)32-25(29-13)28-12-14-7-3-2-4-8-14/h2-10,15,17,20-22,33-34H,11-12H2,1H3,(H2,28,29,30,32)/t15-,17+,20+,21-/m0/s1. The van der Waals surface area contributed by atoms with Crippen LogP contribution < -0.4 is 10.6 Å². The van der Waals surface area contributed by atoms with Crippen molar-refractivity contribution in [3.05, 3.63) is 65.9 Å². The number of aliphatic hydroxyl groups excluding tert-OH is 2. The van der Waals surface area contributed by atoms with Crippen LogP contribution in [0.1, 0.15) is 17.7 Å². The second-order valence-electron chi connectivity index (χ2n) is 8.65. The number of benzene rings is 2. The Labute approximate surface area is 204 Å². The number of nitrogens with one attached hydrogen (secondary N) is 2. The zero-order valence-electron chi connectivity index (χ0n) is 18.9. The summed E-state index contributed by atoms with van der Waals surface area (Å²) in [4.78, 5) is 14.0. The van der Waals surface area contributed by atoms with Gasteiger partial charge in [0.15, 0.2) is 0 Å². The first-order valence-electron chi connectivity index (χ1n) is 11.3. The third-order valence-electron chi connectivity index (χ3n) is 6.26. The van der Waals surface area contributed by atoms with E-state index in [0.717, 1.165) is 15.8 Å². The van der Waals surface area contributed by atoms with Crippen LogP contribution in [0.3, 0.4) is 0 Å². The Morgan fingerprint density at radius 1 is 1.00 bits per heavy atom. The molecule has 35 heavy (non-hydrogen) atoms. The molecule has 1 aliphatic carbocycles. The lowest BCUT2D eigenvalue weighted by Crippen LogP contribution is -2.36. The van der Waals surface area contributed by atoms with Crippen molar-refractivity contribution in [1.82, 2.24) is 15.0 Å². The molecule has 4 aromatic rings. The summed E-state index contributed by atoms with van der Waals surface area (Å²) in [6.45, 7) is 2.34. The zero-order chi connectivity index (χ0) is 24.5. The molecule has 5 rings (SSSR count). The van der Waals surface area contributed by atoms with Gasteiger partial charge in [0.25, 0.3) is 0 Å². The summed E-state index contributed by atoms with van der Waals surface area (Å²) >= 11 is 1.48. The Kier molecular flexibility index (Phi) is 6.59. The predicted molar refractivity (Wildman–Crippen MR) is 133 cm³/mol. The van der Waals surface area contributed by atoms with Crippen molar-refractivity contribution < 1.29 is 19.0 Å². The van der Waals surface area contributed by atoms with Crippen LogP contribution in [0.25, 0.3) is 20.8 Å². The predicted octanol–water partition coefficient (Wildman–Crippen LogP) is 4.46. The van der Waals surface area contributed by atoms with E-state index in [9.17, 15) is 19.0 Å². The molecule has 1 fully saturated rings. The molecule has 0 bridgehead atoms. The van der Waals surface area contributed by atoms with Gasteiger partial charge in [-0.3, -0.25) is 0 Å². The highest BCUT2D eigenvalue weighted by atomic mass is 32.1. The normalized spacial score (nSPS) is 22.1. The molecule has 0 radical (unpaired) electrons. The van der Waals surface area contributed by atoms with E-state index in [1.807, 2.05) is 61.5 Å². The van der Waals surface area contributed by atoms with Gasteiger partial charge in [-0.05, 0) is 31.0 Å². The van der Waals surface area contributed by atoms with Crippen LogP contribution in [-0.2, 0) is 6.54 Å². The van der Waals surface area contributed by atoms with E-state index in [1.54, 1.807) is 0 Å². The van der Waals surface area contributed by atoms with Gasteiger partial charge in [-0.25, -0.2) is 18.7 Å². The van der Waals surface area contributed by atoms with Gasteiger partial charge in [-0.2, -0.15) is 4.98 Å². The van der Waals surface area contributed by atoms with Crippen molar-refractivity contribution in [1.29, 1.82) is 0 Å². The summed E-state index contributed by atoms with van der Waals surface area (Å²) in [5.74, 6) is -0.581. The Balaban J connectivity index is 1.51. The van der Waals surface area contributed by atoms with Gasteiger partial charge >= 0.3 is 0 Å². The Hall–Kier alpha value is -3.21. The second-order valence-corrected chi connectivity index (χ2v) is 9.68. The maximum absolute atomic E-state index is 13.4. The molecule has 0 unspecified atom stereocenters. The first kappa shape index (κ1) is 23.5. The number of hydrogen-bond donors (Lipinski definition) is 4. The summed E-state index contributed by atoms with van der Waals surface area (Å²) in [6.07, 6.45) is -5.69. The fourth-order valence-electron chi connectivity index (χ4n) is 4.40. The molecule has 7 nitrogen and oxygen atoms in total. The van der Waals surface area contributed by atoms with Crippen molar-refractivity contribution >= 4 is 33.3 Å². The number of aryl methyl sites for hydroxylation is 1. The number of para-hydroxylation sites is 1. The highest BCUT2D eigenvalue weighted by molar-refractivity contribution is 7.21. The second kappa shape index (κ2) is 9.80. The molecule has 4 N–H and O–H groups in total. The van der Waals surface area contributed by atoms with Crippen molar-refractivity contribution in [3.63, 3.8) is 0 Å². The minimum Gasteiger partial charge on any atom is -0.390 e. The van der Waals surface area contributed by atoms with E-state index in [0.29, 0.717) is 34.6 Å². The molecule has 0 aliphatic heterocycles. The summed E-state index contributed by atoms with van der Waals surface area (Å²) < 4.78 is 27.8. The van der Waals surface area contributed by atoms with Crippen LogP contribution in [0.4, 0.5) is 20.5 Å². The smallest absolute Gasteiger partial charge is 0.244 e. The Morgan fingerprint density at radius 3 is 2.46 bits per heavy atom. The topological polar surface area (TPSA) is 103 Å². The molecule has 4 atom stereocenters. The number of anilines is 2. The van der Waals surface area contributed by atoms with Crippen molar-refractivity contribution in [2.45, 2.75) is 44.6 Å². The number of aliphatic hydroxyl groups is 2. The molecule has 2 heterocycles. The van der Waals surface area contributed by atoms with Crippen molar-refractivity contribution in [3.8, 4) is 10.6 Å². The molecule has 182 valence electrons. The van der Waals surface area contributed by atoms with Gasteiger partial charge in [0.2, 0.25) is 12.4 Å². The maximum Gasteiger partial charge on any atom is 0.244 e. The average molecular weight is 498 g/mol. The molecule has 1 saturated carbocycles. The van der Waals surface area contributed by atoms with Crippen LogP contribution >= 0.6 is 11.3 Å². The van der Waals surface area contributed by atoms with E-state index < -0.39 is 30.6 Å². The van der Waals surface area contributed by atoms with Gasteiger partial charge in [0.05, 0.1) is 39.5 Å². The lowest BCUT2D eigenvalue weighted by Gasteiger charge is -2.21. The SMILES string of the molecule is Cc1nc(NCc2ccccc2)nc(N[C@@H]2C[C@H](C(F)F)[C@@H](O)[C@H]2O)c1-c1nc2ccccc2s1. The number of aromatic nitrogens is 3. The first-order chi connectivity index (χ1) is 16.9. The van der Waals surface area contributed by atoms with Crippen LogP contribution in [0.15, 0.2) is 54.6 Å². The van der Waals surface area contributed by atoms with Crippen molar-refractivity contribution in [2.24, 2.45) is 5.92 Å².